The van der Waals surface area contributed by atoms with Gasteiger partial charge in [-0.2, -0.15) is 11.8 Å². The second-order valence-corrected chi connectivity index (χ2v) is 6.72. The van der Waals surface area contributed by atoms with E-state index in [1.807, 2.05) is 18.7 Å². The van der Waals surface area contributed by atoms with Crippen LogP contribution in [0.5, 0.6) is 0 Å². The molecule has 0 amide bonds. The molecule has 2 aromatic rings. The van der Waals surface area contributed by atoms with Crippen molar-refractivity contribution >= 4 is 34.4 Å². The van der Waals surface area contributed by atoms with Crippen LogP contribution in [-0.2, 0) is 0 Å². The lowest BCUT2D eigenvalue weighted by Crippen LogP contribution is -2.10. The minimum absolute atomic E-state index is 0.0653. The summed E-state index contributed by atoms with van der Waals surface area (Å²) in [5.41, 5.74) is 3.49. The number of imidazole rings is 1. The third kappa shape index (κ3) is 3.09. The number of hydrogen-bond acceptors (Lipinski definition) is 2. The van der Waals surface area contributed by atoms with Crippen molar-refractivity contribution in [2.75, 3.05) is 12.0 Å². The van der Waals surface area contributed by atoms with Crippen molar-refractivity contribution in [3.8, 4) is 0 Å². The van der Waals surface area contributed by atoms with Crippen LogP contribution in [0, 0.1) is 6.92 Å². The molecule has 0 spiro atoms. The minimum atomic E-state index is -0.0653. The third-order valence-corrected chi connectivity index (χ3v) is 4.25. The van der Waals surface area contributed by atoms with E-state index in [4.69, 9.17) is 16.6 Å². The van der Waals surface area contributed by atoms with E-state index in [9.17, 15) is 0 Å². The van der Waals surface area contributed by atoms with Crippen molar-refractivity contribution < 1.29 is 0 Å². The second-order valence-electron chi connectivity index (χ2n) is 5.08. The second kappa shape index (κ2) is 6.19. The fraction of sp³-hybridized carbons (Fsp3) is 0.533. The summed E-state index contributed by atoms with van der Waals surface area (Å²) >= 11 is 8.19. The predicted molar refractivity (Wildman–Crippen MR) is 86.4 cm³/mol. The van der Waals surface area contributed by atoms with Gasteiger partial charge in [-0.1, -0.05) is 6.07 Å². The van der Waals surface area contributed by atoms with Gasteiger partial charge in [0, 0.05) is 6.04 Å². The normalized spacial score (nSPS) is 14.8. The maximum Gasteiger partial charge on any atom is 0.127 e. The monoisotopic (exact) mass is 296 g/mol. The number of rotatable bonds is 5. The molecule has 0 aliphatic heterocycles. The Hall–Kier alpha value is -0.670. The summed E-state index contributed by atoms with van der Waals surface area (Å²) in [5, 5.41) is -0.0653. The molecule has 2 rings (SSSR count). The lowest BCUT2D eigenvalue weighted by Gasteiger charge is -2.18. The van der Waals surface area contributed by atoms with E-state index in [2.05, 4.69) is 42.9 Å². The van der Waals surface area contributed by atoms with Crippen molar-refractivity contribution in [1.82, 2.24) is 9.55 Å². The molecule has 0 radical (unpaired) electrons. The number of fused-ring (bicyclic) bond motifs is 1. The molecule has 0 aliphatic carbocycles. The molecule has 19 heavy (non-hydrogen) atoms. The fourth-order valence-electron chi connectivity index (χ4n) is 2.39. The molecule has 0 saturated carbocycles. The van der Waals surface area contributed by atoms with Gasteiger partial charge in [-0.25, -0.2) is 4.98 Å². The van der Waals surface area contributed by atoms with Crippen LogP contribution in [0.2, 0.25) is 0 Å². The molecular weight excluding hydrogens is 276 g/mol. The average Bonchev–Trinajstić information content (AvgIpc) is 2.74. The van der Waals surface area contributed by atoms with Crippen molar-refractivity contribution in [2.24, 2.45) is 0 Å². The standard InChI is InChI=1S/C15H21ClN2S/c1-10-5-6-14-13(9-10)17-15(12(3)16)18(14)11(2)7-8-19-4/h5-6,9,11-12H,7-8H2,1-4H3. The van der Waals surface area contributed by atoms with Crippen molar-refractivity contribution in [3.05, 3.63) is 29.6 Å². The molecule has 0 fully saturated rings. The van der Waals surface area contributed by atoms with Gasteiger partial charge < -0.3 is 4.57 Å². The smallest absolute Gasteiger partial charge is 0.127 e. The Morgan fingerprint density at radius 2 is 2.11 bits per heavy atom. The van der Waals surface area contributed by atoms with Crippen LogP contribution in [-0.4, -0.2) is 21.6 Å². The highest BCUT2D eigenvalue weighted by atomic mass is 35.5. The van der Waals surface area contributed by atoms with Gasteiger partial charge in [0.05, 0.1) is 16.4 Å². The lowest BCUT2D eigenvalue weighted by atomic mass is 10.2. The van der Waals surface area contributed by atoms with Crippen LogP contribution in [0.1, 0.15) is 43.1 Å². The minimum Gasteiger partial charge on any atom is -0.324 e. The highest BCUT2D eigenvalue weighted by Gasteiger charge is 2.18. The zero-order valence-electron chi connectivity index (χ0n) is 12.0. The molecule has 0 saturated heterocycles. The van der Waals surface area contributed by atoms with Gasteiger partial charge in [-0.05, 0) is 56.9 Å². The predicted octanol–water partition coefficient (Wildman–Crippen LogP) is 4.96. The van der Waals surface area contributed by atoms with Crippen LogP contribution in [0.3, 0.4) is 0 Å². The first-order valence-electron chi connectivity index (χ1n) is 6.66. The van der Waals surface area contributed by atoms with E-state index >= 15 is 0 Å². The van der Waals surface area contributed by atoms with Crippen LogP contribution < -0.4 is 0 Å². The molecule has 2 nitrogen and oxygen atoms in total. The molecule has 4 heteroatoms. The Balaban J connectivity index is 2.51. The fourth-order valence-corrected chi connectivity index (χ4v) is 3.12. The molecular formula is C15H21ClN2S. The van der Waals surface area contributed by atoms with Crippen LogP contribution >= 0.6 is 23.4 Å². The van der Waals surface area contributed by atoms with Crippen LogP contribution in [0.4, 0.5) is 0 Å². The van der Waals surface area contributed by atoms with Crippen molar-refractivity contribution in [3.63, 3.8) is 0 Å². The zero-order chi connectivity index (χ0) is 14.0. The van der Waals surface area contributed by atoms with E-state index < -0.39 is 0 Å². The van der Waals surface area contributed by atoms with E-state index in [0.29, 0.717) is 6.04 Å². The van der Waals surface area contributed by atoms with Gasteiger partial charge in [0.25, 0.3) is 0 Å². The Bertz CT molecular complexity index is 563. The van der Waals surface area contributed by atoms with Gasteiger partial charge in [0.2, 0.25) is 0 Å². The van der Waals surface area contributed by atoms with E-state index in [1.54, 1.807) is 0 Å². The highest BCUT2D eigenvalue weighted by molar-refractivity contribution is 7.98. The van der Waals surface area contributed by atoms with Gasteiger partial charge in [0.15, 0.2) is 0 Å². The number of nitrogens with zero attached hydrogens (tertiary/aromatic N) is 2. The molecule has 0 aliphatic rings. The number of halogens is 1. The SMILES string of the molecule is CSCCC(C)n1c(C(C)Cl)nc2cc(C)ccc21. The number of aryl methyl sites for hydroxylation is 1. The van der Waals surface area contributed by atoms with Gasteiger partial charge in [-0.15, -0.1) is 11.6 Å². The number of aromatic nitrogens is 2. The van der Waals surface area contributed by atoms with Crippen LogP contribution in [0.15, 0.2) is 18.2 Å². The summed E-state index contributed by atoms with van der Waals surface area (Å²) in [6, 6.07) is 6.87. The molecule has 1 heterocycles. The molecule has 2 atom stereocenters. The summed E-state index contributed by atoms with van der Waals surface area (Å²) in [4.78, 5) is 4.73. The molecule has 1 aromatic heterocycles. The summed E-state index contributed by atoms with van der Waals surface area (Å²) < 4.78 is 2.31. The van der Waals surface area contributed by atoms with Gasteiger partial charge >= 0.3 is 0 Å². The molecule has 0 bridgehead atoms. The van der Waals surface area contributed by atoms with Crippen molar-refractivity contribution in [2.45, 2.75) is 38.6 Å². The maximum atomic E-state index is 6.31. The van der Waals surface area contributed by atoms with E-state index in [0.717, 1.165) is 23.5 Å². The molecule has 2 unspecified atom stereocenters. The Morgan fingerprint density at radius 3 is 2.74 bits per heavy atom. The van der Waals surface area contributed by atoms with Crippen molar-refractivity contribution in [1.29, 1.82) is 0 Å². The van der Waals surface area contributed by atoms with E-state index in [-0.39, 0.29) is 5.38 Å². The quantitative estimate of drug-likeness (QED) is 0.726. The summed E-state index contributed by atoms with van der Waals surface area (Å²) in [5.74, 6) is 2.14. The number of thioether (sulfide) groups is 1. The average molecular weight is 297 g/mol. The topological polar surface area (TPSA) is 17.8 Å². The number of benzene rings is 1. The van der Waals surface area contributed by atoms with Crippen LogP contribution in [0.25, 0.3) is 11.0 Å². The summed E-state index contributed by atoms with van der Waals surface area (Å²) in [6.07, 6.45) is 3.28. The Kier molecular flexibility index (Phi) is 4.80. The molecule has 1 aromatic carbocycles. The molecule has 104 valence electrons. The first-order valence-corrected chi connectivity index (χ1v) is 8.49. The first-order chi connectivity index (χ1) is 9.04. The Labute approximate surface area is 124 Å². The molecule has 0 N–H and O–H groups in total. The van der Waals surface area contributed by atoms with E-state index in [1.165, 1.54) is 11.1 Å². The summed E-state index contributed by atoms with van der Waals surface area (Å²) in [7, 11) is 0. The lowest BCUT2D eigenvalue weighted by molar-refractivity contribution is 0.526. The Morgan fingerprint density at radius 1 is 1.37 bits per heavy atom. The first kappa shape index (κ1) is 14.7. The van der Waals surface area contributed by atoms with Gasteiger partial charge in [-0.3, -0.25) is 0 Å². The maximum absolute atomic E-state index is 6.31. The van der Waals surface area contributed by atoms with Gasteiger partial charge in [0.1, 0.15) is 5.82 Å². The summed E-state index contributed by atoms with van der Waals surface area (Å²) in [6.45, 7) is 6.34. The highest BCUT2D eigenvalue weighted by Crippen LogP contribution is 2.30. The zero-order valence-corrected chi connectivity index (χ0v) is 13.6. The number of hydrogen-bond donors (Lipinski definition) is 0. The third-order valence-electron chi connectivity index (χ3n) is 3.41. The number of alkyl halides is 1. The largest absolute Gasteiger partial charge is 0.324 e.